The molecule has 0 amide bonds. The van der Waals surface area contributed by atoms with Crippen LogP contribution in [0.25, 0.3) is 0 Å². The van der Waals surface area contributed by atoms with E-state index in [1.165, 1.54) is 12.1 Å². The first-order chi connectivity index (χ1) is 7.23. The molecule has 0 heterocycles. The Balaban J connectivity index is 5.11. The zero-order valence-electron chi connectivity index (χ0n) is 12.4. The standard InChI is InChI=1S/C12H32N2Si2/c1-8-15(6)12(10-13,16(7)9-2)14-11(3,4)5/h14-16H,8-10,13H2,1-7H3. The van der Waals surface area contributed by atoms with Gasteiger partial charge in [-0.3, -0.25) is 0 Å². The molecule has 0 rings (SSSR count). The summed E-state index contributed by atoms with van der Waals surface area (Å²) in [7, 11) is -1.56. The lowest BCUT2D eigenvalue weighted by Gasteiger charge is -2.47. The maximum absolute atomic E-state index is 6.17. The summed E-state index contributed by atoms with van der Waals surface area (Å²) in [5, 5.41) is 3.92. The van der Waals surface area contributed by atoms with Gasteiger partial charge in [0, 0.05) is 16.9 Å². The lowest BCUT2D eigenvalue weighted by Crippen LogP contribution is -2.72. The molecule has 0 saturated carbocycles. The quantitative estimate of drug-likeness (QED) is 0.716. The molecule has 0 aliphatic carbocycles. The van der Waals surface area contributed by atoms with E-state index in [4.69, 9.17) is 5.73 Å². The number of nitrogens with one attached hydrogen (secondary N) is 1. The maximum Gasteiger partial charge on any atom is 0.0548 e. The van der Waals surface area contributed by atoms with Gasteiger partial charge in [-0.25, -0.2) is 0 Å². The van der Waals surface area contributed by atoms with Crippen LogP contribution in [0.2, 0.25) is 25.2 Å². The van der Waals surface area contributed by atoms with Crippen LogP contribution in [-0.4, -0.2) is 34.5 Å². The zero-order valence-corrected chi connectivity index (χ0v) is 14.7. The van der Waals surface area contributed by atoms with Gasteiger partial charge in [-0.05, 0) is 20.8 Å². The van der Waals surface area contributed by atoms with Gasteiger partial charge in [-0.2, -0.15) is 0 Å². The molecule has 2 unspecified atom stereocenters. The summed E-state index contributed by atoms with van der Waals surface area (Å²) in [6, 6.07) is 2.69. The molecule has 0 fully saturated rings. The predicted molar refractivity (Wildman–Crippen MR) is 81.7 cm³/mol. The van der Waals surface area contributed by atoms with Gasteiger partial charge in [-0.15, -0.1) is 0 Å². The van der Waals surface area contributed by atoms with E-state index in [1.807, 2.05) is 0 Å². The molecule has 4 heteroatoms. The number of hydrogen-bond acceptors (Lipinski definition) is 2. The fraction of sp³-hybridized carbons (Fsp3) is 1.00. The average molecular weight is 261 g/mol. The van der Waals surface area contributed by atoms with Crippen molar-refractivity contribution in [3.8, 4) is 0 Å². The first-order valence-electron chi connectivity index (χ1n) is 6.72. The molecule has 2 nitrogen and oxygen atoms in total. The van der Waals surface area contributed by atoms with Crippen LogP contribution in [0.3, 0.4) is 0 Å². The van der Waals surface area contributed by atoms with Crippen LogP contribution in [0.4, 0.5) is 0 Å². The second kappa shape index (κ2) is 6.33. The summed E-state index contributed by atoms with van der Waals surface area (Å²) in [5.41, 5.74) is 6.36. The Labute approximate surface area is 106 Å². The number of nitrogens with two attached hydrogens (primary N) is 1. The molecule has 16 heavy (non-hydrogen) atoms. The van der Waals surface area contributed by atoms with Gasteiger partial charge in [0.2, 0.25) is 0 Å². The number of rotatable bonds is 6. The summed E-state index contributed by atoms with van der Waals surface area (Å²) in [4.78, 5) is 0.349. The van der Waals surface area contributed by atoms with Gasteiger partial charge in [0.15, 0.2) is 0 Å². The smallest absolute Gasteiger partial charge is 0.0548 e. The van der Waals surface area contributed by atoms with E-state index < -0.39 is 17.6 Å². The normalized spacial score (nSPS) is 20.2. The minimum absolute atomic E-state index is 0.187. The molecule has 2 atom stereocenters. The molecule has 3 N–H and O–H groups in total. The molecule has 0 aromatic heterocycles. The Kier molecular flexibility index (Phi) is 6.47. The lowest BCUT2D eigenvalue weighted by molar-refractivity contribution is 0.378. The summed E-state index contributed by atoms with van der Waals surface area (Å²) < 4.78 is 0. The van der Waals surface area contributed by atoms with E-state index in [9.17, 15) is 0 Å². The molecule has 0 radical (unpaired) electrons. The van der Waals surface area contributed by atoms with Crippen molar-refractivity contribution < 1.29 is 0 Å². The highest BCUT2D eigenvalue weighted by atomic mass is 28.3. The third kappa shape index (κ3) is 3.98. The second-order valence-corrected chi connectivity index (χ2v) is 14.2. The van der Waals surface area contributed by atoms with Crippen molar-refractivity contribution >= 4 is 17.6 Å². The molecule has 0 aliphatic heterocycles. The molecule has 98 valence electrons. The van der Waals surface area contributed by atoms with E-state index >= 15 is 0 Å². The zero-order chi connectivity index (χ0) is 13.0. The summed E-state index contributed by atoms with van der Waals surface area (Å²) in [6.45, 7) is 17.3. The van der Waals surface area contributed by atoms with Crippen LogP contribution in [0.15, 0.2) is 0 Å². The highest BCUT2D eigenvalue weighted by Gasteiger charge is 2.41. The third-order valence-electron chi connectivity index (χ3n) is 3.93. The molecular formula is C12H32N2Si2. The Morgan fingerprint density at radius 1 is 1.00 bits per heavy atom. The van der Waals surface area contributed by atoms with E-state index in [0.29, 0.717) is 4.79 Å². The minimum Gasteiger partial charge on any atom is -0.329 e. The van der Waals surface area contributed by atoms with Crippen LogP contribution in [0.1, 0.15) is 34.6 Å². The Morgan fingerprint density at radius 2 is 1.38 bits per heavy atom. The van der Waals surface area contributed by atoms with Gasteiger partial charge < -0.3 is 11.1 Å². The fourth-order valence-electron chi connectivity index (χ4n) is 2.61. The van der Waals surface area contributed by atoms with Crippen LogP contribution < -0.4 is 11.1 Å². The Bertz CT molecular complexity index is 192. The predicted octanol–water partition coefficient (Wildman–Crippen LogP) is 1.90. The average Bonchev–Trinajstić information content (AvgIpc) is 2.22. The van der Waals surface area contributed by atoms with Crippen LogP contribution in [0, 0.1) is 0 Å². The first kappa shape index (κ1) is 16.4. The molecule has 0 aromatic carbocycles. The van der Waals surface area contributed by atoms with Crippen LogP contribution >= 0.6 is 0 Å². The Morgan fingerprint density at radius 3 is 1.56 bits per heavy atom. The van der Waals surface area contributed by atoms with Gasteiger partial charge in [0.25, 0.3) is 0 Å². The van der Waals surface area contributed by atoms with Gasteiger partial charge in [0.05, 0.1) is 17.6 Å². The summed E-state index contributed by atoms with van der Waals surface area (Å²) in [6.07, 6.45) is 0. The highest BCUT2D eigenvalue weighted by molar-refractivity contribution is 6.81. The SMILES string of the molecule is CC[SiH](C)C(CN)(NC(C)(C)C)[SiH](C)CC. The molecule has 0 aliphatic rings. The first-order valence-corrected chi connectivity index (χ1v) is 11.8. The molecule has 0 aromatic rings. The topological polar surface area (TPSA) is 38.0 Å². The molecule has 0 saturated heterocycles. The van der Waals surface area contributed by atoms with Gasteiger partial charge in [-0.1, -0.05) is 39.0 Å². The maximum atomic E-state index is 6.17. The molecular weight excluding hydrogens is 228 g/mol. The van der Waals surface area contributed by atoms with Crippen molar-refractivity contribution in [1.29, 1.82) is 0 Å². The second-order valence-electron chi connectivity index (χ2n) is 6.24. The van der Waals surface area contributed by atoms with Gasteiger partial charge >= 0.3 is 0 Å². The lowest BCUT2D eigenvalue weighted by atomic mass is 10.1. The summed E-state index contributed by atoms with van der Waals surface area (Å²) >= 11 is 0. The van der Waals surface area contributed by atoms with Gasteiger partial charge in [0.1, 0.15) is 0 Å². The minimum atomic E-state index is -0.782. The largest absolute Gasteiger partial charge is 0.329 e. The van der Waals surface area contributed by atoms with Crippen molar-refractivity contribution in [1.82, 2.24) is 5.32 Å². The summed E-state index contributed by atoms with van der Waals surface area (Å²) in [5.74, 6) is 0. The fourth-order valence-corrected chi connectivity index (χ4v) is 11.5. The van der Waals surface area contributed by atoms with Crippen molar-refractivity contribution in [3.05, 3.63) is 0 Å². The number of hydrogen-bond donors (Lipinski definition) is 2. The third-order valence-corrected chi connectivity index (χ3v) is 14.1. The Hall–Kier alpha value is 0.354. The monoisotopic (exact) mass is 260 g/mol. The highest BCUT2D eigenvalue weighted by Crippen LogP contribution is 2.22. The van der Waals surface area contributed by atoms with Crippen molar-refractivity contribution in [3.63, 3.8) is 0 Å². The van der Waals surface area contributed by atoms with E-state index in [0.717, 1.165) is 6.54 Å². The van der Waals surface area contributed by atoms with Crippen molar-refractivity contribution in [2.45, 2.75) is 70.1 Å². The molecule has 0 bridgehead atoms. The van der Waals surface area contributed by atoms with Crippen LogP contribution in [-0.2, 0) is 0 Å². The van der Waals surface area contributed by atoms with Crippen molar-refractivity contribution in [2.24, 2.45) is 5.73 Å². The molecule has 0 spiro atoms. The van der Waals surface area contributed by atoms with E-state index in [-0.39, 0.29) is 5.54 Å². The van der Waals surface area contributed by atoms with Crippen LogP contribution in [0.5, 0.6) is 0 Å². The van der Waals surface area contributed by atoms with E-state index in [2.05, 4.69) is 53.0 Å². The van der Waals surface area contributed by atoms with Crippen molar-refractivity contribution in [2.75, 3.05) is 6.54 Å². The van der Waals surface area contributed by atoms with E-state index in [1.54, 1.807) is 0 Å².